The van der Waals surface area contributed by atoms with Crippen molar-refractivity contribution in [1.29, 1.82) is 0 Å². The van der Waals surface area contributed by atoms with Gasteiger partial charge in [-0.05, 0) is 38.7 Å². The van der Waals surface area contributed by atoms with Gasteiger partial charge in [-0.25, -0.2) is 0 Å². The Morgan fingerprint density at radius 1 is 1.56 bits per heavy atom. The van der Waals surface area contributed by atoms with Gasteiger partial charge in [-0.15, -0.1) is 0 Å². The number of rotatable bonds is 4. The van der Waals surface area contributed by atoms with E-state index in [4.69, 9.17) is 0 Å². The highest BCUT2D eigenvalue weighted by atomic mass is 16.1. The number of hydrogen-bond acceptors (Lipinski definition) is 1. The summed E-state index contributed by atoms with van der Waals surface area (Å²) in [7, 11) is 0. The van der Waals surface area contributed by atoms with Gasteiger partial charge in [0.05, 0.1) is 0 Å². The molecular weight excluding hydrogens is 196 g/mol. The fourth-order valence-electron chi connectivity index (χ4n) is 1.40. The molecule has 0 atom stereocenters. The number of aldehydes is 1. The third kappa shape index (κ3) is 7.98. The second-order valence-electron chi connectivity index (χ2n) is 3.77. The van der Waals surface area contributed by atoms with E-state index in [-0.39, 0.29) is 0 Å². The van der Waals surface area contributed by atoms with Crippen LogP contribution < -0.4 is 0 Å². The summed E-state index contributed by atoms with van der Waals surface area (Å²) in [6.45, 7) is 7.64. The molecule has 0 aromatic carbocycles. The summed E-state index contributed by atoms with van der Waals surface area (Å²) in [5, 5.41) is 0. The molecule has 0 heterocycles. The molecule has 0 saturated carbocycles. The Labute approximate surface area is 99.3 Å². The Balaban J connectivity index is 0.000000315. The van der Waals surface area contributed by atoms with Crippen LogP contribution in [-0.2, 0) is 4.79 Å². The Morgan fingerprint density at radius 2 is 2.31 bits per heavy atom. The molecule has 88 valence electrons. The van der Waals surface area contributed by atoms with E-state index in [0.29, 0.717) is 6.42 Å². The minimum atomic E-state index is 0.487. The molecule has 1 rings (SSSR count). The molecule has 0 aromatic rings. The highest BCUT2D eigenvalue weighted by molar-refractivity contribution is 5.56. The van der Waals surface area contributed by atoms with Crippen LogP contribution >= 0.6 is 0 Å². The second-order valence-corrected chi connectivity index (χ2v) is 3.77. The highest BCUT2D eigenvalue weighted by Gasteiger charge is 1.95. The van der Waals surface area contributed by atoms with Crippen LogP contribution in [0.25, 0.3) is 0 Å². The lowest BCUT2D eigenvalue weighted by Gasteiger charge is -1.89. The summed E-state index contributed by atoms with van der Waals surface area (Å²) in [5.74, 6) is 0. The van der Waals surface area contributed by atoms with E-state index >= 15 is 0 Å². The first-order chi connectivity index (χ1) is 7.74. The maximum atomic E-state index is 10.0. The monoisotopic (exact) mass is 218 g/mol. The number of hydrogen-bond donors (Lipinski definition) is 0. The molecular formula is C15H22O. The first-order valence-corrected chi connectivity index (χ1v) is 5.78. The zero-order valence-electron chi connectivity index (χ0n) is 10.4. The second kappa shape index (κ2) is 10.2. The van der Waals surface area contributed by atoms with Gasteiger partial charge < -0.3 is 4.79 Å². The van der Waals surface area contributed by atoms with Crippen molar-refractivity contribution in [3.05, 3.63) is 48.1 Å². The van der Waals surface area contributed by atoms with Crippen molar-refractivity contribution in [2.45, 2.75) is 39.5 Å². The first kappa shape index (κ1) is 14.6. The molecule has 0 spiro atoms. The quantitative estimate of drug-likeness (QED) is 0.389. The summed E-state index contributed by atoms with van der Waals surface area (Å²) < 4.78 is 0. The molecule has 0 unspecified atom stereocenters. The van der Waals surface area contributed by atoms with Gasteiger partial charge in [-0.2, -0.15) is 0 Å². The standard InChI is InChI=1S/C9H12O.C6H10/c1-3-5-6-9(4-2)7-8-10;1-6-4-2-3-5-6/h3-6,8H,1,7H2,2H3;4H,2-3,5H2,1H3/b6-5-,9-4+;. The van der Waals surface area contributed by atoms with Crippen LogP contribution in [-0.4, -0.2) is 6.29 Å². The molecule has 0 amide bonds. The molecule has 16 heavy (non-hydrogen) atoms. The van der Waals surface area contributed by atoms with Gasteiger partial charge in [0.1, 0.15) is 6.29 Å². The molecule has 1 aliphatic rings. The predicted molar refractivity (Wildman–Crippen MR) is 71.4 cm³/mol. The topological polar surface area (TPSA) is 17.1 Å². The normalized spacial score (nSPS) is 15.4. The molecule has 1 nitrogen and oxygen atoms in total. The van der Waals surface area contributed by atoms with E-state index in [0.717, 1.165) is 11.9 Å². The Bertz CT molecular complexity index is 293. The zero-order valence-corrected chi connectivity index (χ0v) is 10.4. The third-order valence-corrected chi connectivity index (χ3v) is 2.40. The van der Waals surface area contributed by atoms with E-state index in [1.165, 1.54) is 19.3 Å². The lowest BCUT2D eigenvalue weighted by atomic mass is 10.2. The minimum absolute atomic E-state index is 0.487. The molecule has 0 saturated heterocycles. The van der Waals surface area contributed by atoms with Gasteiger partial charge in [0, 0.05) is 6.42 Å². The summed E-state index contributed by atoms with van der Waals surface area (Å²) in [6, 6.07) is 0. The van der Waals surface area contributed by atoms with E-state index in [2.05, 4.69) is 19.6 Å². The largest absolute Gasteiger partial charge is 0.303 e. The van der Waals surface area contributed by atoms with Crippen LogP contribution in [0.3, 0.4) is 0 Å². The summed E-state index contributed by atoms with van der Waals surface area (Å²) in [4.78, 5) is 10.0. The zero-order chi connectivity index (χ0) is 12.2. The minimum Gasteiger partial charge on any atom is -0.303 e. The van der Waals surface area contributed by atoms with Crippen LogP contribution in [0.1, 0.15) is 39.5 Å². The van der Waals surface area contributed by atoms with Crippen LogP contribution in [0, 0.1) is 0 Å². The smallest absolute Gasteiger partial charge is 0.124 e. The molecule has 1 aliphatic carbocycles. The van der Waals surface area contributed by atoms with Crippen LogP contribution in [0.15, 0.2) is 48.1 Å². The van der Waals surface area contributed by atoms with Gasteiger partial charge in [0.25, 0.3) is 0 Å². The van der Waals surface area contributed by atoms with Gasteiger partial charge >= 0.3 is 0 Å². The Morgan fingerprint density at radius 3 is 2.62 bits per heavy atom. The molecule has 0 N–H and O–H groups in total. The average molecular weight is 218 g/mol. The summed E-state index contributed by atoms with van der Waals surface area (Å²) in [5.41, 5.74) is 2.60. The predicted octanol–water partition coefficient (Wildman–Crippen LogP) is 4.38. The van der Waals surface area contributed by atoms with E-state index in [1.54, 1.807) is 11.6 Å². The molecule has 0 bridgehead atoms. The SMILES string of the molecule is C=C/C=C\C(=C/C)CC=O.CC1=CCCC1. The lowest BCUT2D eigenvalue weighted by molar-refractivity contribution is -0.107. The Hall–Kier alpha value is -1.37. The van der Waals surface area contributed by atoms with Gasteiger partial charge in [-0.1, -0.05) is 42.5 Å². The number of allylic oxidation sites excluding steroid dienone is 7. The van der Waals surface area contributed by atoms with Crippen molar-refractivity contribution in [1.82, 2.24) is 0 Å². The fourth-order valence-corrected chi connectivity index (χ4v) is 1.40. The van der Waals surface area contributed by atoms with Crippen LogP contribution in [0.2, 0.25) is 0 Å². The van der Waals surface area contributed by atoms with Crippen molar-refractivity contribution in [2.24, 2.45) is 0 Å². The van der Waals surface area contributed by atoms with Gasteiger partial charge in [0.15, 0.2) is 0 Å². The van der Waals surface area contributed by atoms with Crippen molar-refractivity contribution in [3.63, 3.8) is 0 Å². The molecule has 0 fully saturated rings. The van der Waals surface area contributed by atoms with Gasteiger partial charge in [0.2, 0.25) is 0 Å². The van der Waals surface area contributed by atoms with E-state index < -0.39 is 0 Å². The molecule has 0 aromatic heterocycles. The summed E-state index contributed by atoms with van der Waals surface area (Å²) in [6.07, 6.45) is 15.1. The molecule has 0 aliphatic heterocycles. The summed E-state index contributed by atoms with van der Waals surface area (Å²) >= 11 is 0. The molecule has 0 radical (unpaired) electrons. The third-order valence-electron chi connectivity index (χ3n) is 2.40. The van der Waals surface area contributed by atoms with Crippen molar-refractivity contribution >= 4 is 6.29 Å². The maximum Gasteiger partial charge on any atom is 0.124 e. The van der Waals surface area contributed by atoms with Crippen molar-refractivity contribution < 1.29 is 4.79 Å². The Kier molecular flexibility index (Phi) is 9.29. The van der Waals surface area contributed by atoms with E-state index in [9.17, 15) is 4.79 Å². The van der Waals surface area contributed by atoms with Gasteiger partial charge in [-0.3, -0.25) is 0 Å². The van der Waals surface area contributed by atoms with E-state index in [1.807, 2.05) is 25.2 Å². The number of carbonyl (C=O) groups is 1. The van der Waals surface area contributed by atoms with Crippen molar-refractivity contribution in [2.75, 3.05) is 0 Å². The molecule has 1 heteroatoms. The van der Waals surface area contributed by atoms with Crippen molar-refractivity contribution in [3.8, 4) is 0 Å². The van der Waals surface area contributed by atoms with Crippen LogP contribution in [0.4, 0.5) is 0 Å². The first-order valence-electron chi connectivity index (χ1n) is 5.78. The average Bonchev–Trinajstić information content (AvgIpc) is 2.76. The highest BCUT2D eigenvalue weighted by Crippen LogP contribution is 2.15. The maximum absolute atomic E-state index is 10.0. The van der Waals surface area contributed by atoms with Crippen LogP contribution in [0.5, 0.6) is 0 Å². The lowest BCUT2D eigenvalue weighted by Crippen LogP contribution is -1.77. The fraction of sp³-hybridized carbons (Fsp3) is 0.400. The number of carbonyl (C=O) groups excluding carboxylic acids is 1.